The van der Waals surface area contributed by atoms with E-state index in [1.54, 1.807) is 0 Å². The number of allylic oxidation sites excluding steroid dienone is 4. The first-order valence-corrected chi connectivity index (χ1v) is 9.12. The molecule has 0 fully saturated rings. The van der Waals surface area contributed by atoms with Crippen molar-refractivity contribution in [1.29, 1.82) is 0 Å². The van der Waals surface area contributed by atoms with Crippen LogP contribution in [0.15, 0.2) is 48.1 Å². The molecule has 0 amide bonds. The molecule has 0 nitrogen and oxygen atoms in total. The third-order valence-corrected chi connectivity index (χ3v) is 6.16. The predicted octanol–water partition coefficient (Wildman–Crippen LogP) is 5.96. The van der Waals surface area contributed by atoms with Crippen molar-refractivity contribution < 1.29 is 0 Å². The molecule has 0 saturated carbocycles. The van der Waals surface area contributed by atoms with Crippen LogP contribution in [0.25, 0.3) is 5.57 Å². The molecule has 1 unspecified atom stereocenters. The third kappa shape index (κ3) is 2.93. The van der Waals surface area contributed by atoms with E-state index in [0.717, 1.165) is 10.8 Å². The van der Waals surface area contributed by atoms with Gasteiger partial charge in [-0.25, -0.2) is 0 Å². The Morgan fingerprint density at radius 3 is 2.44 bits per heavy atom. The van der Waals surface area contributed by atoms with Crippen molar-refractivity contribution >= 4 is 60.0 Å². The van der Waals surface area contributed by atoms with Crippen LogP contribution in [0.1, 0.15) is 18.9 Å². The van der Waals surface area contributed by atoms with Crippen LogP contribution in [0.4, 0.5) is 0 Å². The van der Waals surface area contributed by atoms with Gasteiger partial charge in [0.05, 0.1) is 0 Å². The summed E-state index contributed by atoms with van der Waals surface area (Å²) in [7, 11) is 0. The van der Waals surface area contributed by atoms with Gasteiger partial charge in [0.1, 0.15) is 3.23 Å². The Hall–Kier alpha value is 0.390. The first kappa shape index (κ1) is 14.8. The fourth-order valence-corrected chi connectivity index (χ4v) is 4.32. The highest BCUT2D eigenvalue weighted by atomic mass is 127. The molecule has 0 spiro atoms. The first-order chi connectivity index (χ1) is 8.59. The number of hydrogen-bond acceptors (Lipinski definition) is 0. The lowest BCUT2D eigenvalue weighted by atomic mass is 9.85. The predicted molar refractivity (Wildman–Crippen MR) is 95.8 cm³/mol. The minimum absolute atomic E-state index is 0.147. The van der Waals surface area contributed by atoms with E-state index in [1.165, 1.54) is 16.7 Å². The van der Waals surface area contributed by atoms with E-state index in [-0.39, 0.29) is 3.23 Å². The van der Waals surface area contributed by atoms with Crippen LogP contribution in [0.3, 0.4) is 0 Å². The van der Waals surface area contributed by atoms with Crippen molar-refractivity contribution in [3.63, 3.8) is 0 Å². The van der Waals surface area contributed by atoms with Gasteiger partial charge in [0.2, 0.25) is 0 Å². The van der Waals surface area contributed by atoms with Gasteiger partial charge in [-0.3, -0.25) is 0 Å². The molecule has 0 aromatic heterocycles. The maximum atomic E-state index is 3.88. The van der Waals surface area contributed by atoms with Crippen molar-refractivity contribution in [2.45, 2.75) is 16.6 Å². The van der Waals surface area contributed by atoms with Gasteiger partial charge in [-0.05, 0) is 23.1 Å². The second kappa shape index (κ2) is 6.23. The summed E-state index contributed by atoms with van der Waals surface area (Å²) in [5, 5.41) is 0. The van der Waals surface area contributed by atoms with Crippen LogP contribution in [-0.2, 0) is 0 Å². The average molecular weight is 482 g/mol. The molecule has 0 aliphatic heterocycles. The Morgan fingerprint density at radius 2 is 1.89 bits per heavy atom. The molecule has 1 aliphatic carbocycles. The van der Waals surface area contributed by atoms with Gasteiger partial charge in [0, 0.05) is 10.3 Å². The lowest BCUT2D eigenvalue weighted by molar-refractivity contribution is 0.635. The van der Waals surface area contributed by atoms with Crippen LogP contribution in [0, 0.1) is 5.92 Å². The van der Waals surface area contributed by atoms with E-state index < -0.39 is 0 Å². The summed E-state index contributed by atoms with van der Waals surface area (Å²) in [5.41, 5.74) is 4.01. The van der Waals surface area contributed by atoms with E-state index >= 15 is 0 Å². The average Bonchev–Trinajstić information content (AvgIpc) is 2.39. The minimum atomic E-state index is -0.147. The van der Waals surface area contributed by atoms with Crippen molar-refractivity contribution in [2.24, 2.45) is 5.92 Å². The van der Waals surface area contributed by atoms with Gasteiger partial charge in [0.15, 0.2) is 0 Å². The monoisotopic (exact) mass is 480 g/mol. The maximum Gasteiger partial charge on any atom is 0.112 e. The molecule has 1 aromatic carbocycles. The normalized spacial score (nSPS) is 22.3. The molecule has 1 aromatic rings. The van der Waals surface area contributed by atoms with Crippen molar-refractivity contribution in [1.82, 2.24) is 0 Å². The molecule has 0 radical (unpaired) electrons. The second-order valence-corrected chi connectivity index (χ2v) is 8.77. The van der Waals surface area contributed by atoms with Gasteiger partial charge < -0.3 is 0 Å². The van der Waals surface area contributed by atoms with E-state index in [4.69, 9.17) is 0 Å². The van der Waals surface area contributed by atoms with Crippen LogP contribution >= 0.6 is 54.5 Å². The molecule has 0 saturated heterocycles. The highest BCUT2D eigenvalue weighted by Gasteiger charge is 2.38. The summed E-state index contributed by atoms with van der Waals surface area (Å²) in [6.45, 7) is 2.23. The number of alkyl halides is 3. The Bertz CT molecular complexity index is 475. The smallest absolute Gasteiger partial charge is 0.0812 e. The Kier molecular flexibility index (Phi) is 5.12. The molecule has 3 heteroatoms. The number of benzene rings is 1. The summed E-state index contributed by atoms with van der Waals surface area (Å²) in [5.74, 6) is 0.475. The van der Waals surface area contributed by atoms with Crippen LogP contribution in [0.5, 0.6) is 0 Å². The summed E-state index contributed by atoms with van der Waals surface area (Å²) in [6, 6.07) is 10.6. The fourth-order valence-electron chi connectivity index (χ4n) is 2.24. The maximum absolute atomic E-state index is 3.88. The fraction of sp³-hybridized carbons (Fsp3) is 0.333. The standard InChI is InChI=1S/C15H15Br2I/c1-2-13-8-11(10-18)9-14(15(13,16)17)12-6-4-3-5-7-12/h3-9,13H,2,10H2,1H3. The number of rotatable bonds is 3. The zero-order valence-corrected chi connectivity index (χ0v) is 15.5. The Morgan fingerprint density at radius 1 is 1.22 bits per heavy atom. The van der Waals surface area contributed by atoms with Gasteiger partial charge in [-0.1, -0.05) is 104 Å². The van der Waals surface area contributed by atoms with E-state index in [9.17, 15) is 0 Å². The second-order valence-electron chi connectivity index (χ2n) is 4.44. The molecule has 96 valence electrons. The largest absolute Gasteiger partial charge is 0.112 e. The molecule has 1 atom stereocenters. The lowest BCUT2D eigenvalue weighted by Crippen LogP contribution is -2.27. The number of halogens is 3. The van der Waals surface area contributed by atoms with Crippen molar-refractivity contribution in [3.05, 3.63) is 53.6 Å². The molecule has 18 heavy (non-hydrogen) atoms. The highest BCUT2D eigenvalue weighted by molar-refractivity contribution is 14.1. The molecule has 2 rings (SSSR count). The van der Waals surface area contributed by atoms with Gasteiger partial charge in [-0.15, -0.1) is 0 Å². The van der Waals surface area contributed by atoms with Gasteiger partial charge in [-0.2, -0.15) is 0 Å². The SMILES string of the molecule is CCC1C=C(CI)C=C(c2ccccc2)C1(Br)Br. The Balaban J connectivity index is 2.49. The summed E-state index contributed by atoms with van der Waals surface area (Å²) >= 11 is 10.2. The summed E-state index contributed by atoms with van der Waals surface area (Å²) < 4.78 is 0.909. The van der Waals surface area contributed by atoms with Gasteiger partial charge >= 0.3 is 0 Å². The van der Waals surface area contributed by atoms with E-state index in [1.807, 2.05) is 0 Å². The summed E-state index contributed by atoms with van der Waals surface area (Å²) in [6.07, 6.45) is 5.79. The third-order valence-electron chi connectivity index (χ3n) is 3.25. The van der Waals surface area contributed by atoms with Crippen molar-refractivity contribution in [2.75, 3.05) is 4.43 Å². The quantitative estimate of drug-likeness (QED) is 0.369. The van der Waals surface area contributed by atoms with Crippen LogP contribution in [-0.4, -0.2) is 7.66 Å². The summed E-state index contributed by atoms with van der Waals surface area (Å²) in [4.78, 5) is 0. The Labute approximate surface area is 139 Å². The molecule has 1 aliphatic rings. The molecule has 0 N–H and O–H groups in total. The highest BCUT2D eigenvalue weighted by Crippen LogP contribution is 2.51. The molecule has 0 bridgehead atoms. The van der Waals surface area contributed by atoms with Gasteiger partial charge in [0.25, 0.3) is 0 Å². The van der Waals surface area contributed by atoms with Crippen LogP contribution in [0.2, 0.25) is 0 Å². The minimum Gasteiger partial charge on any atom is -0.0812 e. The zero-order valence-electron chi connectivity index (χ0n) is 10.2. The molecule has 0 heterocycles. The molecular formula is C15H15Br2I. The first-order valence-electron chi connectivity index (χ1n) is 6.01. The molecular weight excluding hydrogens is 467 g/mol. The van der Waals surface area contributed by atoms with E-state index in [0.29, 0.717) is 5.92 Å². The zero-order chi connectivity index (χ0) is 13.2. The van der Waals surface area contributed by atoms with Crippen LogP contribution < -0.4 is 0 Å². The topological polar surface area (TPSA) is 0 Å². The lowest BCUT2D eigenvalue weighted by Gasteiger charge is -2.34. The number of hydrogen-bond donors (Lipinski definition) is 0. The van der Waals surface area contributed by atoms with E-state index in [2.05, 4.69) is 104 Å². The van der Waals surface area contributed by atoms with Crippen molar-refractivity contribution in [3.8, 4) is 0 Å².